The molecular weight excluding hydrogens is 334 g/mol. The zero-order valence-electron chi connectivity index (χ0n) is 14.5. The summed E-state index contributed by atoms with van der Waals surface area (Å²) in [5.41, 5.74) is 2.14. The summed E-state index contributed by atoms with van der Waals surface area (Å²) in [7, 11) is 0. The number of ether oxygens (including phenoxy) is 1. The molecule has 25 heavy (non-hydrogen) atoms. The lowest BCUT2D eigenvalue weighted by molar-refractivity contribution is 0.102. The number of benzene rings is 2. The Kier molecular flexibility index (Phi) is 7.22. The molecule has 0 unspecified atom stereocenters. The number of anilines is 2. The standard InChI is InChI=1S/C19H23N3O2S/c1-3-13-20-19(25)22-16-7-5-14(6-8-16)18(23)21-15-9-11-17(12-10-15)24-4-2/h5-12H,3-4,13H2,1-2H3,(H,21,23)(H2,20,22,25). The third-order valence-corrected chi connectivity index (χ3v) is 3.61. The van der Waals surface area contributed by atoms with E-state index in [-0.39, 0.29) is 5.91 Å². The van der Waals surface area contributed by atoms with Crippen LogP contribution in [0.3, 0.4) is 0 Å². The Hall–Kier alpha value is -2.60. The van der Waals surface area contributed by atoms with Crippen molar-refractivity contribution < 1.29 is 9.53 Å². The lowest BCUT2D eigenvalue weighted by atomic mass is 10.2. The average Bonchev–Trinajstić information content (AvgIpc) is 2.62. The fraction of sp³-hybridized carbons (Fsp3) is 0.263. The van der Waals surface area contributed by atoms with Crippen molar-refractivity contribution >= 4 is 34.6 Å². The smallest absolute Gasteiger partial charge is 0.255 e. The van der Waals surface area contributed by atoms with Gasteiger partial charge in [0.05, 0.1) is 6.61 Å². The zero-order chi connectivity index (χ0) is 18.1. The van der Waals surface area contributed by atoms with Crippen LogP contribution in [-0.4, -0.2) is 24.2 Å². The monoisotopic (exact) mass is 357 g/mol. The molecule has 0 heterocycles. The van der Waals surface area contributed by atoms with Crippen molar-refractivity contribution in [3.8, 4) is 5.75 Å². The van der Waals surface area contributed by atoms with Gasteiger partial charge < -0.3 is 20.7 Å². The minimum atomic E-state index is -0.164. The number of nitrogens with one attached hydrogen (secondary N) is 3. The molecule has 1 amide bonds. The van der Waals surface area contributed by atoms with Crippen LogP contribution in [0.1, 0.15) is 30.6 Å². The predicted molar refractivity (Wildman–Crippen MR) is 107 cm³/mol. The number of hydrogen-bond acceptors (Lipinski definition) is 3. The molecule has 0 fully saturated rings. The zero-order valence-corrected chi connectivity index (χ0v) is 15.3. The molecule has 0 aliphatic carbocycles. The van der Waals surface area contributed by atoms with Crippen LogP contribution in [0.2, 0.25) is 0 Å². The van der Waals surface area contributed by atoms with Gasteiger partial charge in [0.25, 0.3) is 5.91 Å². The van der Waals surface area contributed by atoms with Gasteiger partial charge in [0.1, 0.15) is 5.75 Å². The summed E-state index contributed by atoms with van der Waals surface area (Å²) in [4.78, 5) is 12.3. The summed E-state index contributed by atoms with van der Waals surface area (Å²) in [6, 6.07) is 14.5. The van der Waals surface area contributed by atoms with Crippen LogP contribution in [0.5, 0.6) is 5.75 Å². The lowest BCUT2D eigenvalue weighted by Gasteiger charge is -2.10. The summed E-state index contributed by atoms with van der Waals surface area (Å²) in [6.07, 6.45) is 1.01. The third-order valence-electron chi connectivity index (χ3n) is 3.36. The van der Waals surface area contributed by atoms with Crippen LogP contribution in [0, 0.1) is 0 Å². The van der Waals surface area contributed by atoms with E-state index in [0.29, 0.717) is 17.3 Å². The molecule has 6 heteroatoms. The minimum Gasteiger partial charge on any atom is -0.494 e. The first-order valence-corrected chi connectivity index (χ1v) is 8.72. The van der Waals surface area contributed by atoms with E-state index in [9.17, 15) is 4.79 Å². The van der Waals surface area contributed by atoms with E-state index in [1.807, 2.05) is 43.3 Å². The number of thiocarbonyl (C=S) groups is 1. The molecule has 2 aromatic rings. The fourth-order valence-electron chi connectivity index (χ4n) is 2.12. The van der Waals surface area contributed by atoms with E-state index in [1.54, 1.807) is 12.1 Å². The highest BCUT2D eigenvalue weighted by atomic mass is 32.1. The highest BCUT2D eigenvalue weighted by molar-refractivity contribution is 7.80. The maximum atomic E-state index is 12.3. The van der Waals surface area contributed by atoms with Crippen LogP contribution < -0.4 is 20.7 Å². The Balaban J connectivity index is 1.92. The summed E-state index contributed by atoms with van der Waals surface area (Å²) in [6.45, 7) is 5.45. The Morgan fingerprint density at radius 1 is 0.960 bits per heavy atom. The molecule has 0 saturated carbocycles. The van der Waals surface area contributed by atoms with Gasteiger partial charge in [-0.2, -0.15) is 0 Å². The number of rotatable bonds is 7. The number of hydrogen-bond donors (Lipinski definition) is 3. The highest BCUT2D eigenvalue weighted by Gasteiger charge is 2.06. The van der Waals surface area contributed by atoms with Crippen molar-refractivity contribution in [2.45, 2.75) is 20.3 Å². The largest absolute Gasteiger partial charge is 0.494 e. The van der Waals surface area contributed by atoms with E-state index >= 15 is 0 Å². The number of carbonyl (C=O) groups is 1. The molecule has 0 aliphatic heterocycles. The van der Waals surface area contributed by atoms with Gasteiger partial charge in [0.2, 0.25) is 0 Å². The summed E-state index contributed by atoms with van der Waals surface area (Å²) in [5.74, 6) is 0.617. The van der Waals surface area contributed by atoms with E-state index in [1.165, 1.54) is 0 Å². The molecule has 0 aromatic heterocycles. The quantitative estimate of drug-likeness (QED) is 0.653. The number of amides is 1. The van der Waals surface area contributed by atoms with Crippen molar-refractivity contribution in [2.75, 3.05) is 23.8 Å². The minimum absolute atomic E-state index is 0.164. The molecule has 132 valence electrons. The maximum Gasteiger partial charge on any atom is 0.255 e. The maximum absolute atomic E-state index is 12.3. The first-order chi connectivity index (χ1) is 12.1. The van der Waals surface area contributed by atoms with Crippen LogP contribution in [-0.2, 0) is 0 Å². The summed E-state index contributed by atoms with van der Waals surface area (Å²) >= 11 is 5.19. The highest BCUT2D eigenvalue weighted by Crippen LogP contribution is 2.17. The van der Waals surface area contributed by atoms with Gasteiger partial charge in [-0.15, -0.1) is 0 Å². The normalized spacial score (nSPS) is 10.0. The van der Waals surface area contributed by atoms with Gasteiger partial charge in [-0.05, 0) is 74.1 Å². The average molecular weight is 357 g/mol. The molecular formula is C19H23N3O2S. The number of carbonyl (C=O) groups excluding carboxylic acids is 1. The Bertz CT molecular complexity index is 700. The lowest BCUT2D eigenvalue weighted by Crippen LogP contribution is -2.28. The van der Waals surface area contributed by atoms with Gasteiger partial charge in [-0.3, -0.25) is 4.79 Å². The van der Waals surface area contributed by atoms with Crippen molar-refractivity contribution in [1.29, 1.82) is 0 Å². The molecule has 0 aliphatic rings. The Morgan fingerprint density at radius 3 is 2.16 bits per heavy atom. The van der Waals surface area contributed by atoms with E-state index < -0.39 is 0 Å². The molecule has 5 nitrogen and oxygen atoms in total. The topological polar surface area (TPSA) is 62.4 Å². The van der Waals surface area contributed by atoms with Gasteiger partial charge in [0.15, 0.2) is 5.11 Å². The van der Waals surface area contributed by atoms with E-state index in [0.717, 1.165) is 30.1 Å². The second kappa shape index (κ2) is 9.64. The first-order valence-electron chi connectivity index (χ1n) is 8.31. The molecule has 0 atom stereocenters. The van der Waals surface area contributed by atoms with Gasteiger partial charge in [0, 0.05) is 23.5 Å². The second-order valence-corrected chi connectivity index (χ2v) is 5.78. The first kappa shape index (κ1) is 18.7. The molecule has 2 aromatic carbocycles. The Morgan fingerprint density at radius 2 is 1.56 bits per heavy atom. The molecule has 2 rings (SSSR count). The van der Waals surface area contributed by atoms with Crippen LogP contribution >= 0.6 is 12.2 Å². The van der Waals surface area contributed by atoms with Crippen molar-refractivity contribution in [2.24, 2.45) is 0 Å². The van der Waals surface area contributed by atoms with Crippen LogP contribution in [0.15, 0.2) is 48.5 Å². The van der Waals surface area contributed by atoms with Crippen molar-refractivity contribution in [3.63, 3.8) is 0 Å². The molecule has 0 saturated heterocycles. The molecule has 3 N–H and O–H groups in total. The molecule has 0 spiro atoms. The molecule has 0 bridgehead atoms. The van der Waals surface area contributed by atoms with Gasteiger partial charge in [-0.25, -0.2) is 0 Å². The Labute approximate surface area is 153 Å². The summed E-state index contributed by atoms with van der Waals surface area (Å²) < 4.78 is 5.38. The molecule has 0 radical (unpaired) electrons. The fourth-order valence-corrected chi connectivity index (χ4v) is 2.34. The predicted octanol–water partition coefficient (Wildman–Crippen LogP) is 4.03. The van der Waals surface area contributed by atoms with Gasteiger partial charge >= 0.3 is 0 Å². The SMILES string of the molecule is CCCNC(=S)Nc1ccc(C(=O)Nc2ccc(OCC)cc2)cc1. The van der Waals surface area contributed by atoms with Gasteiger partial charge in [-0.1, -0.05) is 6.92 Å². The van der Waals surface area contributed by atoms with E-state index in [4.69, 9.17) is 17.0 Å². The van der Waals surface area contributed by atoms with Crippen molar-refractivity contribution in [1.82, 2.24) is 5.32 Å². The van der Waals surface area contributed by atoms with Crippen molar-refractivity contribution in [3.05, 3.63) is 54.1 Å². The van der Waals surface area contributed by atoms with Crippen LogP contribution in [0.25, 0.3) is 0 Å². The second-order valence-electron chi connectivity index (χ2n) is 5.37. The van der Waals surface area contributed by atoms with Crippen LogP contribution in [0.4, 0.5) is 11.4 Å². The third kappa shape index (κ3) is 6.08. The van der Waals surface area contributed by atoms with E-state index in [2.05, 4.69) is 22.9 Å². The summed E-state index contributed by atoms with van der Waals surface area (Å²) in [5, 5.41) is 9.62.